The van der Waals surface area contributed by atoms with Crippen molar-refractivity contribution in [2.24, 2.45) is 0 Å². The van der Waals surface area contributed by atoms with Crippen LogP contribution in [0.3, 0.4) is 0 Å². The topological polar surface area (TPSA) is 77.1 Å². The third-order valence-electron chi connectivity index (χ3n) is 2.03. The number of phosphoric acid groups is 1. The fourth-order valence-corrected chi connectivity index (χ4v) is 2.00. The summed E-state index contributed by atoms with van der Waals surface area (Å²) in [5.41, 5.74) is 0. The molecular formula is C10H12NaO6P. The normalized spacial score (nSPS) is 19.2. The second-order valence-electron chi connectivity index (χ2n) is 3.26. The number of ether oxygens (including phenoxy) is 2. The van der Waals surface area contributed by atoms with Crippen molar-refractivity contribution in [1.82, 2.24) is 0 Å². The zero-order valence-electron chi connectivity index (χ0n) is 10.0. The monoisotopic (exact) mass is 282 g/mol. The molecule has 0 saturated carbocycles. The van der Waals surface area contributed by atoms with Crippen molar-refractivity contribution in [3.05, 3.63) is 24.3 Å². The minimum atomic E-state index is -4.23. The van der Waals surface area contributed by atoms with Crippen LogP contribution in [0.15, 0.2) is 24.3 Å². The summed E-state index contributed by atoms with van der Waals surface area (Å²) in [5, 5.41) is 0. The number of phosphoric ester groups is 1. The van der Waals surface area contributed by atoms with Crippen LogP contribution in [0, 0.1) is 0 Å². The van der Waals surface area contributed by atoms with Gasteiger partial charge >= 0.3 is 29.6 Å². The Morgan fingerprint density at radius 1 is 0.944 bits per heavy atom. The Labute approximate surface area is 127 Å². The molecule has 2 rings (SSSR count). The maximum atomic E-state index is 11.1. The van der Waals surface area contributed by atoms with Gasteiger partial charge in [0.15, 0.2) is 11.5 Å². The van der Waals surface area contributed by atoms with E-state index in [4.69, 9.17) is 9.47 Å². The fraction of sp³-hybridized carbons (Fsp3) is 0.400. The molecule has 94 valence electrons. The molecule has 0 fully saturated rings. The van der Waals surface area contributed by atoms with Gasteiger partial charge in [-0.15, -0.1) is 0 Å². The van der Waals surface area contributed by atoms with E-state index in [0.717, 1.165) is 0 Å². The Bertz CT molecular complexity index is 392. The molecule has 0 saturated heterocycles. The number of para-hydroxylation sites is 2. The second-order valence-corrected chi connectivity index (χ2v) is 4.67. The number of hydrogen-bond donors (Lipinski definition) is 0. The smallest absolute Gasteiger partial charge is 0.756 e. The van der Waals surface area contributed by atoms with E-state index >= 15 is 0 Å². The molecule has 0 atom stereocenters. The van der Waals surface area contributed by atoms with Crippen LogP contribution >= 0.6 is 7.82 Å². The van der Waals surface area contributed by atoms with Crippen LogP contribution in [0.2, 0.25) is 0 Å². The summed E-state index contributed by atoms with van der Waals surface area (Å²) in [6, 6.07) is 7.09. The van der Waals surface area contributed by atoms with Crippen molar-refractivity contribution in [3.8, 4) is 11.5 Å². The summed E-state index contributed by atoms with van der Waals surface area (Å²) in [7, 11) is -4.23. The molecule has 0 spiro atoms. The van der Waals surface area contributed by atoms with E-state index in [1.165, 1.54) is 0 Å². The zero-order valence-corrected chi connectivity index (χ0v) is 12.9. The summed E-state index contributed by atoms with van der Waals surface area (Å²) in [6.45, 7) is 0.0378. The molecule has 0 amide bonds. The molecule has 8 heteroatoms. The van der Waals surface area contributed by atoms with E-state index in [0.29, 0.717) is 11.5 Å². The zero-order chi connectivity index (χ0) is 12.1. The largest absolute Gasteiger partial charge is 1.00 e. The molecule has 0 bridgehead atoms. The molecular weight excluding hydrogens is 270 g/mol. The van der Waals surface area contributed by atoms with Crippen LogP contribution in [0.25, 0.3) is 0 Å². The van der Waals surface area contributed by atoms with E-state index in [1.54, 1.807) is 24.3 Å². The van der Waals surface area contributed by atoms with Gasteiger partial charge in [-0.05, 0) is 12.1 Å². The van der Waals surface area contributed by atoms with E-state index in [2.05, 4.69) is 9.05 Å². The van der Waals surface area contributed by atoms with Gasteiger partial charge in [-0.3, -0.25) is 4.57 Å². The van der Waals surface area contributed by atoms with Crippen molar-refractivity contribution >= 4 is 7.82 Å². The van der Waals surface area contributed by atoms with Crippen molar-refractivity contribution in [2.75, 3.05) is 26.4 Å². The Kier molecular flexibility index (Phi) is 6.66. The van der Waals surface area contributed by atoms with E-state index < -0.39 is 7.82 Å². The van der Waals surface area contributed by atoms with E-state index in [1.807, 2.05) is 0 Å². The van der Waals surface area contributed by atoms with E-state index in [-0.39, 0.29) is 56.0 Å². The SMILES string of the molecule is O=P1([O-])OCCOc2ccccc2OCCO1.[Na+]. The number of benzene rings is 1. The van der Waals surface area contributed by atoms with Gasteiger partial charge < -0.3 is 23.4 Å². The maximum Gasteiger partial charge on any atom is 1.00 e. The Balaban J connectivity index is 0.00000162. The third-order valence-corrected chi connectivity index (χ3v) is 3.03. The van der Waals surface area contributed by atoms with Crippen molar-refractivity contribution in [3.63, 3.8) is 0 Å². The first-order valence-corrected chi connectivity index (χ1v) is 6.58. The van der Waals surface area contributed by atoms with Crippen molar-refractivity contribution < 1.29 is 57.5 Å². The van der Waals surface area contributed by atoms with Gasteiger partial charge in [-0.2, -0.15) is 0 Å². The summed E-state index contributed by atoms with van der Waals surface area (Å²) in [4.78, 5) is 11.1. The predicted molar refractivity (Wildman–Crippen MR) is 56.9 cm³/mol. The quantitative estimate of drug-likeness (QED) is 0.403. The average molecular weight is 282 g/mol. The number of hydrogen-bond acceptors (Lipinski definition) is 6. The molecule has 1 heterocycles. The van der Waals surface area contributed by atoms with Gasteiger partial charge in [0.25, 0.3) is 7.82 Å². The Hall–Kier alpha value is -0.0700. The second kappa shape index (κ2) is 7.50. The minimum absolute atomic E-state index is 0. The summed E-state index contributed by atoms with van der Waals surface area (Å²) >= 11 is 0. The Morgan fingerprint density at radius 3 is 1.83 bits per heavy atom. The van der Waals surface area contributed by atoms with Crippen LogP contribution in [0.1, 0.15) is 0 Å². The van der Waals surface area contributed by atoms with Crippen LogP contribution in [0.5, 0.6) is 11.5 Å². The van der Waals surface area contributed by atoms with Gasteiger partial charge in [0.05, 0.1) is 13.2 Å². The minimum Gasteiger partial charge on any atom is -0.756 e. The predicted octanol–water partition coefficient (Wildman–Crippen LogP) is -2.04. The van der Waals surface area contributed by atoms with Gasteiger partial charge in [-0.25, -0.2) is 0 Å². The molecule has 1 aliphatic rings. The maximum absolute atomic E-state index is 11.1. The van der Waals surface area contributed by atoms with Crippen LogP contribution < -0.4 is 43.9 Å². The van der Waals surface area contributed by atoms with E-state index in [9.17, 15) is 9.46 Å². The molecule has 0 unspecified atom stereocenters. The van der Waals surface area contributed by atoms with Crippen LogP contribution in [-0.4, -0.2) is 26.4 Å². The molecule has 1 aromatic carbocycles. The molecule has 1 aromatic rings. The van der Waals surface area contributed by atoms with Gasteiger partial charge in [0.2, 0.25) is 0 Å². The number of rotatable bonds is 0. The van der Waals surface area contributed by atoms with Crippen LogP contribution in [-0.2, 0) is 13.6 Å². The molecule has 6 nitrogen and oxygen atoms in total. The molecule has 0 aromatic heterocycles. The van der Waals surface area contributed by atoms with Crippen molar-refractivity contribution in [1.29, 1.82) is 0 Å². The summed E-state index contributed by atoms with van der Waals surface area (Å²) < 4.78 is 31.0. The molecule has 0 radical (unpaired) electrons. The van der Waals surface area contributed by atoms with Crippen molar-refractivity contribution in [2.45, 2.75) is 0 Å². The molecule has 0 N–H and O–H groups in total. The first kappa shape index (κ1) is 16.0. The summed E-state index contributed by atoms with van der Waals surface area (Å²) in [6.07, 6.45) is 0. The standard InChI is InChI=1S/C10H13O6P.Na/c11-17(12)15-7-5-13-9-3-1-2-4-10(9)14-6-8-16-17;/h1-4H,5-8H2,(H,11,12);/q;+1/p-1. The molecule has 18 heavy (non-hydrogen) atoms. The average Bonchev–Trinajstić information content (AvgIpc) is 2.34. The fourth-order valence-electron chi connectivity index (χ4n) is 1.33. The molecule has 0 aliphatic carbocycles. The first-order valence-electron chi connectivity index (χ1n) is 5.12. The van der Waals surface area contributed by atoms with Gasteiger partial charge in [0, 0.05) is 0 Å². The molecule has 1 aliphatic heterocycles. The Morgan fingerprint density at radius 2 is 1.39 bits per heavy atom. The first-order chi connectivity index (χ1) is 8.17. The van der Waals surface area contributed by atoms with Gasteiger partial charge in [-0.1, -0.05) is 12.1 Å². The third kappa shape index (κ3) is 4.90. The van der Waals surface area contributed by atoms with Crippen LogP contribution in [0.4, 0.5) is 0 Å². The number of fused-ring (bicyclic) bond motifs is 1. The summed E-state index contributed by atoms with van der Waals surface area (Å²) in [5.74, 6) is 1.11. The van der Waals surface area contributed by atoms with Gasteiger partial charge in [0.1, 0.15) is 13.2 Å².